The van der Waals surface area contributed by atoms with E-state index in [1.54, 1.807) is 7.11 Å². The molecule has 4 rings (SSSR count). The Morgan fingerprint density at radius 1 is 1.03 bits per heavy atom. The number of carbonyl (C=O) groups is 1. The van der Waals surface area contributed by atoms with Crippen molar-refractivity contribution in [3.8, 4) is 17.0 Å². The van der Waals surface area contributed by atoms with Crippen LogP contribution in [0.2, 0.25) is 0 Å². The SMILES string of the molecule is CCc1ccc(-c2nc(NC(=O)C3(c4ccc(OC)cc4)CC3)ccc2C)cc1. The number of rotatable bonds is 6. The van der Waals surface area contributed by atoms with Gasteiger partial charge in [0.05, 0.1) is 18.2 Å². The molecule has 0 radical (unpaired) electrons. The van der Waals surface area contributed by atoms with Gasteiger partial charge in [-0.05, 0) is 61.1 Å². The molecule has 0 atom stereocenters. The topological polar surface area (TPSA) is 51.2 Å². The van der Waals surface area contributed by atoms with Crippen LogP contribution < -0.4 is 10.1 Å². The third-order valence-corrected chi connectivity index (χ3v) is 5.80. The predicted octanol–water partition coefficient (Wildman–Crippen LogP) is 5.30. The third kappa shape index (κ3) is 3.75. The van der Waals surface area contributed by atoms with Gasteiger partial charge in [-0.15, -0.1) is 0 Å². The van der Waals surface area contributed by atoms with E-state index in [1.165, 1.54) is 5.56 Å². The molecule has 0 aliphatic heterocycles. The molecule has 2 aromatic carbocycles. The Balaban J connectivity index is 1.56. The highest BCUT2D eigenvalue weighted by atomic mass is 16.5. The lowest BCUT2D eigenvalue weighted by atomic mass is 9.95. The van der Waals surface area contributed by atoms with Crippen molar-refractivity contribution in [1.82, 2.24) is 4.98 Å². The standard InChI is InChI=1S/C25H26N2O2/c1-4-18-6-8-19(9-7-18)23-17(2)5-14-22(26-23)27-24(28)25(15-16-25)20-10-12-21(29-3)13-11-20/h5-14H,4,15-16H2,1-3H3,(H,26,27,28). The van der Waals surface area contributed by atoms with Gasteiger partial charge >= 0.3 is 0 Å². The van der Waals surface area contributed by atoms with Crippen LogP contribution in [0.25, 0.3) is 11.3 Å². The van der Waals surface area contributed by atoms with E-state index in [-0.39, 0.29) is 5.91 Å². The van der Waals surface area contributed by atoms with Crippen LogP contribution in [0.1, 0.15) is 36.5 Å². The zero-order valence-corrected chi connectivity index (χ0v) is 17.2. The van der Waals surface area contributed by atoms with E-state index in [0.29, 0.717) is 5.82 Å². The fraction of sp³-hybridized carbons (Fsp3) is 0.280. The van der Waals surface area contributed by atoms with E-state index in [1.807, 2.05) is 43.3 Å². The summed E-state index contributed by atoms with van der Waals surface area (Å²) in [5.41, 5.74) is 4.92. The minimum atomic E-state index is -0.457. The van der Waals surface area contributed by atoms with Crippen LogP contribution in [-0.4, -0.2) is 18.0 Å². The number of nitrogens with one attached hydrogen (secondary N) is 1. The van der Waals surface area contributed by atoms with Crippen molar-refractivity contribution in [2.24, 2.45) is 0 Å². The lowest BCUT2D eigenvalue weighted by molar-refractivity contribution is -0.118. The van der Waals surface area contributed by atoms with Crippen LogP contribution in [0.3, 0.4) is 0 Å². The fourth-order valence-corrected chi connectivity index (χ4v) is 3.71. The fourth-order valence-electron chi connectivity index (χ4n) is 3.71. The first kappa shape index (κ1) is 19.2. The molecule has 1 amide bonds. The van der Waals surface area contributed by atoms with Gasteiger partial charge < -0.3 is 10.1 Å². The van der Waals surface area contributed by atoms with Gasteiger partial charge in [0.1, 0.15) is 11.6 Å². The molecule has 29 heavy (non-hydrogen) atoms. The highest BCUT2D eigenvalue weighted by molar-refractivity contribution is 6.01. The molecule has 0 bridgehead atoms. The van der Waals surface area contributed by atoms with E-state index in [2.05, 4.69) is 36.5 Å². The summed E-state index contributed by atoms with van der Waals surface area (Å²) in [6.07, 6.45) is 2.71. The molecular formula is C25H26N2O2. The second-order valence-corrected chi connectivity index (χ2v) is 7.68. The zero-order valence-electron chi connectivity index (χ0n) is 17.2. The highest BCUT2D eigenvalue weighted by Crippen LogP contribution is 2.49. The Morgan fingerprint density at radius 3 is 2.31 bits per heavy atom. The molecule has 0 saturated heterocycles. The van der Waals surface area contributed by atoms with E-state index in [9.17, 15) is 4.79 Å². The minimum absolute atomic E-state index is 0.00583. The van der Waals surface area contributed by atoms with Crippen molar-refractivity contribution < 1.29 is 9.53 Å². The third-order valence-electron chi connectivity index (χ3n) is 5.80. The minimum Gasteiger partial charge on any atom is -0.497 e. The Kier molecular flexibility index (Phi) is 5.10. The van der Waals surface area contributed by atoms with Crippen molar-refractivity contribution in [1.29, 1.82) is 0 Å². The lowest BCUT2D eigenvalue weighted by Crippen LogP contribution is -2.28. The maximum Gasteiger partial charge on any atom is 0.236 e. The monoisotopic (exact) mass is 386 g/mol. The number of pyridine rings is 1. The highest BCUT2D eigenvalue weighted by Gasteiger charge is 2.51. The molecule has 1 N–H and O–H groups in total. The molecule has 1 aliphatic rings. The van der Waals surface area contributed by atoms with Gasteiger partial charge in [-0.25, -0.2) is 4.98 Å². The number of benzene rings is 2. The van der Waals surface area contributed by atoms with Crippen LogP contribution in [0.4, 0.5) is 5.82 Å². The Hall–Kier alpha value is -3.14. The first-order chi connectivity index (χ1) is 14.1. The number of anilines is 1. The molecule has 1 saturated carbocycles. The van der Waals surface area contributed by atoms with Gasteiger partial charge in [0.15, 0.2) is 0 Å². The Labute approximate surface area is 172 Å². The number of ether oxygens (including phenoxy) is 1. The van der Waals surface area contributed by atoms with Gasteiger partial charge in [0.2, 0.25) is 5.91 Å². The van der Waals surface area contributed by atoms with Gasteiger partial charge in [0, 0.05) is 5.56 Å². The second-order valence-electron chi connectivity index (χ2n) is 7.68. The number of hydrogen-bond donors (Lipinski definition) is 1. The summed E-state index contributed by atoms with van der Waals surface area (Å²) in [5, 5.41) is 3.05. The maximum atomic E-state index is 13.1. The van der Waals surface area contributed by atoms with Crippen LogP contribution in [-0.2, 0) is 16.6 Å². The van der Waals surface area contributed by atoms with Crippen LogP contribution in [0.15, 0.2) is 60.7 Å². The van der Waals surface area contributed by atoms with Crippen molar-refractivity contribution in [2.45, 2.75) is 38.5 Å². The summed E-state index contributed by atoms with van der Waals surface area (Å²) in [7, 11) is 1.64. The van der Waals surface area contributed by atoms with E-state index >= 15 is 0 Å². The van der Waals surface area contributed by atoms with E-state index < -0.39 is 5.41 Å². The number of nitrogens with zero attached hydrogens (tertiary/aromatic N) is 1. The maximum absolute atomic E-state index is 13.1. The zero-order chi connectivity index (χ0) is 20.4. The smallest absolute Gasteiger partial charge is 0.236 e. The molecule has 0 spiro atoms. The van der Waals surface area contributed by atoms with Gasteiger partial charge in [-0.1, -0.05) is 49.4 Å². The molecule has 1 fully saturated rings. The molecule has 4 nitrogen and oxygen atoms in total. The number of amides is 1. The van der Waals surface area contributed by atoms with Crippen LogP contribution >= 0.6 is 0 Å². The summed E-state index contributed by atoms with van der Waals surface area (Å²) in [5.74, 6) is 1.39. The van der Waals surface area contributed by atoms with Crippen molar-refractivity contribution >= 4 is 11.7 Å². The van der Waals surface area contributed by atoms with Crippen molar-refractivity contribution in [3.05, 3.63) is 77.4 Å². The number of methoxy groups -OCH3 is 1. The summed E-state index contributed by atoms with van der Waals surface area (Å²) in [6.45, 7) is 4.19. The van der Waals surface area contributed by atoms with Gasteiger partial charge in [0.25, 0.3) is 0 Å². The van der Waals surface area contributed by atoms with E-state index in [4.69, 9.17) is 9.72 Å². The summed E-state index contributed by atoms with van der Waals surface area (Å²) < 4.78 is 5.23. The largest absolute Gasteiger partial charge is 0.497 e. The number of aryl methyl sites for hydroxylation is 2. The van der Waals surface area contributed by atoms with Crippen molar-refractivity contribution in [2.75, 3.05) is 12.4 Å². The molecular weight excluding hydrogens is 360 g/mol. The number of carbonyl (C=O) groups excluding carboxylic acids is 1. The summed E-state index contributed by atoms with van der Waals surface area (Å²) >= 11 is 0. The molecule has 1 aliphatic carbocycles. The second kappa shape index (κ2) is 7.70. The summed E-state index contributed by atoms with van der Waals surface area (Å²) in [4.78, 5) is 17.8. The normalized spacial score (nSPS) is 14.3. The lowest BCUT2D eigenvalue weighted by Gasteiger charge is -2.17. The molecule has 1 heterocycles. The first-order valence-corrected chi connectivity index (χ1v) is 10.1. The summed E-state index contributed by atoms with van der Waals surface area (Å²) in [6, 6.07) is 20.1. The molecule has 148 valence electrons. The van der Waals surface area contributed by atoms with E-state index in [0.717, 1.165) is 47.4 Å². The van der Waals surface area contributed by atoms with Crippen LogP contribution in [0.5, 0.6) is 5.75 Å². The average molecular weight is 386 g/mol. The molecule has 1 aromatic heterocycles. The molecule has 0 unspecified atom stereocenters. The van der Waals surface area contributed by atoms with Gasteiger partial charge in [-0.3, -0.25) is 4.79 Å². The van der Waals surface area contributed by atoms with Gasteiger partial charge in [-0.2, -0.15) is 0 Å². The Morgan fingerprint density at radius 2 is 1.72 bits per heavy atom. The number of aromatic nitrogens is 1. The average Bonchev–Trinajstić information content (AvgIpc) is 3.57. The molecule has 4 heteroatoms. The van der Waals surface area contributed by atoms with Crippen LogP contribution in [0, 0.1) is 6.92 Å². The van der Waals surface area contributed by atoms with Crippen molar-refractivity contribution in [3.63, 3.8) is 0 Å². The first-order valence-electron chi connectivity index (χ1n) is 10.1. The quantitative estimate of drug-likeness (QED) is 0.625. The predicted molar refractivity (Wildman–Crippen MR) is 116 cm³/mol. The molecule has 3 aromatic rings. The number of hydrogen-bond acceptors (Lipinski definition) is 3. The Bertz CT molecular complexity index is 1020.